The molecule has 0 radical (unpaired) electrons. The number of benzene rings is 1. The molecule has 2 atom stereocenters. The van der Waals surface area contributed by atoms with Crippen LogP contribution in [0.15, 0.2) is 24.3 Å². The average molecular weight is 378 g/mol. The summed E-state index contributed by atoms with van der Waals surface area (Å²) in [4.78, 5) is 2.80. The summed E-state index contributed by atoms with van der Waals surface area (Å²) in [5, 5.41) is 0. The molecule has 0 amide bonds. The van der Waals surface area contributed by atoms with E-state index in [-0.39, 0.29) is 12.4 Å². The minimum Gasteiger partial charge on any atom is -0.293 e. The maximum Gasteiger partial charge on any atom is 0.0361 e. The van der Waals surface area contributed by atoms with Gasteiger partial charge in [-0.25, -0.2) is 0 Å². The summed E-state index contributed by atoms with van der Waals surface area (Å²) in [6.07, 6.45) is 8.48. The number of hydrogen-bond donors (Lipinski definition) is 0. The van der Waals surface area contributed by atoms with Gasteiger partial charge in [0.25, 0.3) is 0 Å². The highest BCUT2D eigenvalue weighted by molar-refractivity contribution is 14.1. The van der Waals surface area contributed by atoms with Crippen molar-refractivity contribution < 1.29 is 0 Å². The van der Waals surface area contributed by atoms with Gasteiger partial charge in [0.15, 0.2) is 0 Å². The third-order valence-electron chi connectivity index (χ3n) is 4.35. The Morgan fingerprint density at radius 2 is 1.78 bits per heavy atom. The van der Waals surface area contributed by atoms with Crippen LogP contribution in [0.5, 0.6) is 0 Å². The molecular weight excluding hydrogens is 357 g/mol. The summed E-state index contributed by atoms with van der Waals surface area (Å²) >= 11 is 2.50. The van der Waals surface area contributed by atoms with Crippen LogP contribution < -0.4 is 0 Å². The van der Waals surface area contributed by atoms with Crippen LogP contribution in [-0.2, 0) is 0 Å². The second-order valence-corrected chi connectivity index (χ2v) is 6.52. The lowest BCUT2D eigenvalue weighted by Crippen LogP contribution is -2.44. The standard InChI is InChI=1S/C15H20IN.ClH/c16-14-9-2-1-8-13(14)15-10-5-7-12-6-3-4-11-17(12)15;/h1-2,8-9,12,15H,3-7,10-11H2;1H/t12-,15+;/m1./s1. The van der Waals surface area contributed by atoms with Crippen LogP contribution in [0.1, 0.15) is 50.1 Å². The largest absolute Gasteiger partial charge is 0.293 e. The van der Waals surface area contributed by atoms with Gasteiger partial charge >= 0.3 is 0 Å². The topological polar surface area (TPSA) is 3.24 Å². The first-order valence-electron chi connectivity index (χ1n) is 6.86. The van der Waals surface area contributed by atoms with E-state index in [2.05, 4.69) is 51.8 Å². The zero-order valence-electron chi connectivity index (χ0n) is 10.6. The first-order chi connectivity index (χ1) is 8.36. The molecule has 0 saturated carbocycles. The van der Waals surface area contributed by atoms with Crippen molar-refractivity contribution >= 4 is 35.0 Å². The molecule has 0 spiro atoms. The maximum atomic E-state index is 2.80. The number of piperidine rings is 2. The fraction of sp³-hybridized carbons (Fsp3) is 0.600. The molecule has 1 aromatic carbocycles. The highest BCUT2D eigenvalue weighted by Gasteiger charge is 2.33. The highest BCUT2D eigenvalue weighted by Crippen LogP contribution is 2.39. The molecule has 100 valence electrons. The first-order valence-corrected chi connectivity index (χ1v) is 7.94. The Labute approximate surface area is 130 Å². The van der Waals surface area contributed by atoms with E-state index in [0.29, 0.717) is 6.04 Å². The molecule has 2 aliphatic rings. The first kappa shape index (κ1) is 14.6. The fourth-order valence-corrected chi connectivity index (χ4v) is 4.28. The predicted molar refractivity (Wildman–Crippen MR) is 87.3 cm³/mol. The van der Waals surface area contributed by atoms with E-state index in [1.54, 1.807) is 5.56 Å². The summed E-state index contributed by atoms with van der Waals surface area (Å²) in [5.74, 6) is 0. The molecule has 0 aliphatic carbocycles. The van der Waals surface area contributed by atoms with Crippen LogP contribution in [0.4, 0.5) is 0 Å². The Morgan fingerprint density at radius 3 is 2.61 bits per heavy atom. The molecule has 0 aromatic heterocycles. The fourth-order valence-electron chi connectivity index (χ4n) is 3.54. The van der Waals surface area contributed by atoms with Crippen molar-refractivity contribution in [2.24, 2.45) is 0 Å². The Hall–Kier alpha value is 0.200. The summed E-state index contributed by atoms with van der Waals surface area (Å²) < 4.78 is 1.45. The third-order valence-corrected chi connectivity index (χ3v) is 5.33. The second kappa shape index (κ2) is 6.58. The van der Waals surface area contributed by atoms with Crippen molar-refractivity contribution in [1.29, 1.82) is 0 Å². The monoisotopic (exact) mass is 377 g/mol. The quantitative estimate of drug-likeness (QED) is 0.636. The van der Waals surface area contributed by atoms with Gasteiger partial charge in [-0.15, -0.1) is 12.4 Å². The van der Waals surface area contributed by atoms with Crippen molar-refractivity contribution in [1.82, 2.24) is 4.90 Å². The summed E-state index contributed by atoms with van der Waals surface area (Å²) in [6.45, 7) is 1.32. The van der Waals surface area contributed by atoms with Gasteiger partial charge in [0, 0.05) is 15.7 Å². The van der Waals surface area contributed by atoms with Crippen molar-refractivity contribution in [2.45, 2.75) is 50.6 Å². The van der Waals surface area contributed by atoms with Crippen LogP contribution in [0, 0.1) is 3.57 Å². The lowest BCUT2D eigenvalue weighted by Gasteiger charge is -2.45. The Kier molecular flexibility index (Phi) is 5.34. The van der Waals surface area contributed by atoms with Crippen molar-refractivity contribution in [3.05, 3.63) is 33.4 Å². The van der Waals surface area contributed by atoms with E-state index >= 15 is 0 Å². The predicted octanol–water partition coefficient (Wildman–Crippen LogP) is 4.79. The highest BCUT2D eigenvalue weighted by atomic mass is 127. The van der Waals surface area contributed by atoms with Gasteiger partial charge in [0.1, 0.15) is 0 Å². The van der Waals surface area contributed by atoms with E-state index in [0.717, 1.165) is 6.04 Å². The molecule has 3 heteroatoms. The van der Waals surface area contributed by atoms with Gasteiger partial charge in [0.05, 0.1) is 0 Å². The van der Waals surface area contributed by atoms with Crippen molar-refractivity contribution in [2.75, 3.05) is 6.54 Å². The molecule has 18 heavy (non-hydrogen) atoms. The molecule has 1 nitrogen and oxygen atoms in total. The number of hydrogen-bond acceptors (Lipinski definition) is 1. The Morgan fingerprint density at radius 1 is 1.00 bits per heavy atom. The summed E-state index contributed by atoms with van der Waals surface area (Å²) in [6, 6.07) is 10.5. The summed E-state index contributed by atoms with van der Waals surface area (Å²) in [7, 11) is 0. The van der Waals surface area contributed by atoms with Crippen LogP contribution >= 0.6 is 35.0 Å². The second-order valence-electron chi connectivity index (χ2n) is 5.36. The summed E-state index contributed by atoms with van der Waals surface area (Å²) in [5.41, 5.74) is 1.57. The lowest BCUT2D eigenvalue weighted by atomic mass is 9.86. The van der Waals surface area contributed by atoms with Gasteiger partial charge in [0.2, 0.25) is 0 Å². The number of fused-ring (bicyclic) bond motifs is 1. The molecule has 0 unspecified atom stereocenters. The van der Waals surface area contributed by atoms with Crippen LogP contribution in [0.3, 0.4) is 0 Å². The molecule has 0 bridgehead atoms. The zero-order valence-corrected chi connectivity index (χ0v) is 13.6. The van der Waals surface area contributed by atoms with Gasteiger partial charge in [-0.3, -0.25) is 4.90 Å². The normalized spacial score (nSPS) is 28.3. The molecule has 2 aliphatic heterocycles. The Bertz CT molecular complexity index is 394. The number of rotatable bonds is 1. The number of nitrogens with zero attached hydrogens (tertiary/aromatic N) is 1. The van der Waals surface area contributed by atoms with Crippen molar-refractivity contribution in [3.63, 3.8) is 0 Å². The zero-order chi connectivity index (χ0) is 11.7. The maximum absolute atomic E-state index is 2.80. The Balaban J connectivity index is 0.00000120. The van der Waals surface area contributed by atoms with Crippen LogP contribution in [0.25, 0.3) is 0 Å². The molecule has 3 rings (SSSR count). The van der Waals surface area contributed by atoms with E-state index in [1.807, 2.05) is 0 Å². The molecule has 2 fully saturated rings. The minimum absolute atomic E-state index is 0. The average Bonchev–Trinajstić information content (AvgIpc) is 2.39. The third kappa shape index (κ3) is 2.86. The molecular formula is C15H21ClIN. The van der Waals surface area contributed by atoms with E-state index in [4.69, 9.17) is 0 Å². The molecule has 0 N–H and O–H groups in total. The van der Waals surface area contributed by atoms with E-state index < -0.39 is 0 Å². The van der Waals surface area contributed by atoms with Gasteiger partial charge in [-0.1, -0.05) is 24.6 Å². The van der Waals surface area contributed by atoms with E-state index in [9.17, 15) is 0 Å². The molecule has 1 aromatic rings. The molecule has 2 heterocycles. The molecule has 2 saturated heterocycles. The smallest absolute Gasteiger partial charge is 0.0361 e. The lowest BCUT2D eigenvalue weighted by molar-refractivity contribution is 0.0515. The van der Waals surface area contributed by atoms with E-state index in [1.165, 1.54) is 48.6 Å². The van der Waals surface area contributed by atoms with Gasteiger partial charge in [-0.05, 0) is 72.9 Å². The van der Waals surface area contributed by atoms with Gasteiger partial charge < -0.3 is 0 Å². The minimum atomic E-state index is 0. The SMILES string of the molecule is Cl.Ic1ccccc1[C@@H]1CCC[C@H]2CCCCN21. The van der Waals surface area contributed by atoms with Crippen LogP contribution in [-0.4, -0.2) is 17.5 Å². The van der Waals surface area contributed by atoms with Crippen molar-refractivity contribution in [3.8, 4) is 0 Å². The van der Waals surface area contributed by atoms with Gasteiger partial charge in [-0.2, -0.15) is 0 Å². The van der Waals surface area contributed by atoms with Crippen LogP contribution in [0.2, 0.25) is 0 Å². The number of halogens is 2.